The molecule has 0 heterocycles. The number of thiol groups is 1. The number of hydrogen-bond acceptors (Lipinski definition) is 3. The van der Waals surface area contributed by atoms with Crippen LogP contribution in [0.3, 0.4) is 0 Å². The first-order chi connectivity index (χ1) is 15.7. The van der Waals surface area contributed by atoms with Gasteiger partial charge in [-0.15, -0.1) is 0 Å². The Bertz CT molecular complexity index is 414. The fraction of sp³-hybridized carbons (Fsp3) is 0.893. The SMILES string of the molecule is CCCCCCCC/C=C\CCCCCCCC(=O)OC[CH](S)[Sn][CH2]CCCCCCC. The molecule has 0 aromatic carbocycles. The van der Waals surface area contributed by atoms with Crippen LogP contribution in [0, 0.1) is 0 Å². The van der Waals surface area contributed by atoms with Crippen LogP contribution in [0.25, 0.3) is 0 Å². The fourth-order valence-electron chi connectivity index (χ4n) is 3.82. The van der Waals surface area contributed by atoms with Gasteiger partial charge in [0.1, 0.15) is 0 Å². The molecule has 0 N–H and O–H groups in total. The predicted molar refractivity (Wildman–Crippen MR) is 147 cm³/mol. The Balaban J connectivity index is 3.32. The standard InChI is InChI=1S/C20H37O2S.C8H17.Sn/c1-2-3-4-5-6-7-8-9-10-11-12-13-14-15-16-17-20(21)22-18-19-23;1-3-5-7-8-6-4-2;/h9-10,19,23H,2-8,11-18H2,1H3;1,3-8H2,2H3;/b10-9-;;. The van der Waals surface area contributed by atoms with E-state index >= 15 is 0 Å². The quantitative estimate of drug-likeness (QED) is 0.0387. The van der Waals surface area contributed by atoms with Crippen molar-refractivity contribution >= 4 is 39.7 Å². The summed E-state index contributed by atoms with van der Waals surface area (Å²) in [6.07, 6.45) is 30.2. The van der Waals surface area contributed by atoms with Gasteiger partial charge in [0.25, 0.3) is 0 Å². The zero-order valence-electron chi connectivity index (χ0n) is 21.6. The summed E-state index contributed by atoms with van der Waals surface area (Å²) >= 11 is 4.16. The van der Waals surface area contributed by atoms with Crippen LogP contribution in [0.15, 0.2) is 12.2 Å². The topological polar surface area (TPSA) is 26.3 Å². The van der Waals surface area contributed by atoms with Crippen LogP contribution in [0.1, 0.15) is 142 Å². The molecule has 0 saturated carbocycles. The van der Waals surface area contributed by atoms with Crippen molar-refractivity contribution < 1.29 is 9.53 Å². The molecule has 2 nitrogen and oxygen atoms in total. The summed E-state index contributed by atoms with van der Waals surface area (Å²) in [4.78, 5) is 11.9. The summed E-state index contributed by atoms with van der Waals surface area (Å²) < 4.78 is 7.19. The Morgan fingerprint density at radius 3 is 1.75 bits per heavy atom. The first kappa shape index (κ1) is 32.4. The number of esters is 1. The van der Waals surface area contributed by atoms with Crippen LogP contribution in [-0.2, 0) is 9.53 Å². The van der Waals surface area contributed by atoms with Gasteiger partial charge >= 0.3 is 160 Å². The Morgan fingerprint density at radius 2 is 1.19 bits per heavy atom. The van der Waals surface area contributed by atoms with Crippen LogP contribution in [0.4, 0.5) is 0 Å². The number of carbonyl (C=O) groups excluding carboxylic acids is 1. The maximum atomic E-state index is 11.9. The average molecular weight is 574 g/mol. The number of ether oxygens (including phenoxy) is 1. The molecular weight excluding hydrogens is 519 g/mol. The van der Waals surface area contributed by atoms with Crippen LogP contribution >= 0.6 is 12.6 Å². The van der Waals surface area contributed by atoms with E-state index in [9.17, 15) is 4.79 Å². The van der Waals surface area contributed by atoms with E-state index in [0.717, 1.165) is 12.8 Å². The van der Waals surface area contributed by atoms with Gasteiger partial charge in [0, 0.05) is 0 Å². The maximum absolute atomic E-state index is 11.9. The molecule has 0 bridgehead atoms. The van der Waals surface area contributed by atoms with Crippen LogP contribution in [0.2, 0.25) is 4.44 Å². The normalized spacial score (nSPS) is 12.5. The Kier molecular flexibility index (Phi) is 27.9. The number of carbonyl (C=O) groups is 1. The third kappa shape index (κ3) is 26.6. The molecule has 2 radical (unpaired) electrons. The van der Waals surface area contributed by atoms with Gasteiger partial charge in [-0.1, -0.05) is 45.1 Å². The molecule has 0 spiro atoms. The summed E-state index contributed by atoms with van der Waals surface area (Å²) in [5.41, 5.74) is 0. The van der Waals surface area contributed by atoms with Gasteiger partial charge < -0.3 is 0 Å². The third-order valence-corrected chi connectivity index (χ3v) is 11.0. The second-order valence-corrected chi connectivity index (χ2v) is 15.8. The summed E-state index contributed by atoms with van der Waals surface area (Å²) in [5.74, 6) is -0.0133. The minimum absolute atomic E-state index is 0.0133. The van der Waals surface area contributed by atoms with Crippen molar-refractivity contribution in [3.8, 4) is 0 Å². The number of hydrogen-bond donors (Lipinski definition) is 1. The van der Waals surface area contributed by atoms with Gasteiger partial charge in [-0.3, -0.25) is 0 Å². The van der Waals surface area contributed by atoms with Crippen molar-refractivity contribution in [2.75, 3.05) is 6.61 Å². The Morgan fingerprint density at radius 1 is 0.719 bits per heavy atom. The Hall–Kier alpha value is 0.359. The van der Waals surface area contributed by atoms with E-state index in [4.69, 9.17) is 4.74 Å². The van der Waals surface area contributed by atoms with Crippen LogP contribution in [-0.4, -0.2) is 37.0 Å². The molecule has 4 heteroatoms. The van der Waals surface area contributed by atoms with Crippen molar-refractivity contribution in [2.45, 2.75) is 150 Å². The summed E-state index contributed by atoms with van der Waals surface area (Å²) in [6, 6.07) is 0. The van der Waals surface area contributed by atoms with E-state index in [1.54, 1.807) is 0 Å². The molecule has 0 aromatic rings. The molecule has 0 amide bonds. The predicted octanol–water partition coefficient (Wildman–Crippen LogP) is 9.31. The first-order valence-electron chi connectivity index (χ1n) is 13.9. The molecule has 1 atom stereocenters. The molecule has 0 rings (SSSR count). The second kappa shape index (κ2) is 27.6. The second-order valence-electron chi connectivity index (χ2n) is 9.25. The molecule has 1 unspecified atom stereocenters. The average Bonchev–Trinajstić information content (AvgIpc) is 2.79. The molecule has 0 aliphatic heterocycles. The van der Waals surface area contributed by atoms with Crippen molar-refractivity contribution in [3.63, 3.8) is 0 Å². The van der Waals surface area contributed by atoms with Gasteiger partial charge in [0.15, 0.2) is 0 Å². The van der Waals surface area contributed by atoms with Gasteiger partial charge in [-0.2, -0.15) is 0 Å². The molecule has 32 heavy (non-hydrogen) atoms. The van der Waals surface area contributed by atoms with Crippen molar-refractivity contribution in [3.05, 3.63) is 12.2 Å². The molecule has 0 aromatic heterocycles. The fourth-order valence-corrected chi connectivity index (χ4v) is 7.58. The number of unbranched alkanes of at least 4 members (excludes halogenated alkanes) is 16. The van der Waals surface area contributed by atoms with Gasteiger partial charge in [0.2, 0.25) is 0 Å². The number of rotatable bonds is 25. The van der Waals surface area contributed by atoms with Gasteiger partial charge in [0.05, 0.1) is 0 Å². The Labute approximate surface area is 217 Å². The molecule has 0 fully saturated rings. The van der Waals surface area contributed by atoms with Crippen LogP contribution in [0.5, 0.6) is 0 Å². The molecule has 0 aliphatic rings. The van der Waals surface area contributed by atoms with E-state index in [1.165, 1.54) is 114 Å². The third-order valence-electron chi connectivity index (χ3n) is 5.96. The molecule has 188 valence electrons. The van der Waals surface area contributed by atoms with Crippen molar-refractivity contribution in [1.29, 1.82) is 0 Å². The molecule has 0 aliphatic carbocycles. The zero-order valence-corrected chi connectivity index (χ0v) is 25.3. The van der Waals surface area contributed by atoms with Crippen molar-refractivity contribution in [2.24, 2.45) is 0 Å². The van der Waals surface area contributed by atoms with Gasteiger partial charge in [-0.25, -0.2) is 0 Å². The molecule has 0 saturated heterocycles. The van der Waals surface area contributed by atoms with E-state index < -0.39 is 21.1 Å². The zero-order chi connectivity index (χ0) is 23.5. The summed E-state index contributed by atoms with van der Waals surface area (Å²) in [5, 5.41) is 0. The van der Waals surface area contributed by atoms with E-state index in [0.29, 0.717) is 16.3 Å². The van der Waals surface area contributed by atoms with Gasteiger partial charge in [-0.05, 0) is 12.8 Å². The minimum atomic E-state index is -0.497. The van der Waals surface area contributed by atoms with E-state index in [-0.39, 0.29) is 5.97 Å². The summed E-state index contributed by atoms with van der Waals surface area (Å²) in [7, 11) is 0. The van der Waals surface area contributed by atoms with Crippen molar-refractivity contribution in [1.82, 2.24) is 0 Å². The van der Waals surface area contributed by atoms with E-state index in [1.807, 2.05) is 0 Å². The van der Waals surface area contributed by atoms with E-state index in [2.05, 4.69) is 38.6 Å². The summed E-state index contributed by atoms with van der Waals surface area (Å²) in [6.45, 7) is 5.09. The first-order valence-corrected chi connectivity index (χ1v) is 18.1. The van der Waals surface area contributed by atoms with Crippen LogP contribution < -0.4 is 0 Å². The molecular formula is C28H54O2SSn. The monoisotopic (exact) mass is 574 g/mol. The number of allylic oxidation sites excluding steroid dienone is 2.